The van der Waals surface area contributed by atoms with Crippen LogP contribution in [-0.4, -0.2) is 18.4 Å². The maximum atomic E-state index is 13.2. The molecule has 5 nitrogen and oxygen atoms in total. The lowest BCUT2D eigenvalue weighted by atomic mass is 10.3. The molecule has 1 heterocycles. The first kappa shape index (κ1) is 15.8. The fourth-order valence-electron chi connectivity index (χ4n) is 1.57. The molecule has 0 radical (unpaired) electrons. The first-order valence-corrected chi connectivity index (χ1v) is 8.22. The predicted octanol–water partition coefficient (Wildman–Crippen LogP) is 2.42. The quantitative estimate of drug-likeness (QED) is 0.784. The van der Waals surface area contributed by atoms with Crippen molar-refractivity contribution >= 4 is 48.8 Å². The van der Waals surface area contributed by atoms with Gasteiger partial charge in [0.2, 0.25) is 0 Å². The number of pyridine rings is 1. The Kier molecular flexibility index (Phi) is 4.55. The molecule has 0 aliphatic rings. The van der Waals surface area contributed by atoms with Gasteiger partial charge in [-0.2, -0.15) is 0 Å². The van der Waals surface area contributed by atoms with E-state index in [1.54, 1.807) is 0 Å². The Morgan fingerprint density at radius 1 is 1.38 bits per heavy atom. The molecule has 3 N–H and O–H groups in total. The molecule has 0 saturated carbocycles. The number of hydrogen-bond acceptors (Lipinski definition) is 4. The van der Waals surface area contributed by atoms with Crippen molar-refractivity contribution in [3.63, 3.8) is 0 Å². The Morgan fingerprint density at radius 2 is 2.10 bits per heavy atom. The second-order valence-electron chi connectivity index (χ2n) is 3.94. The van der Waals surface area contributed by atoms with E-state index in [4.69, 9.17) is 18.0 Å². The van der Waals surface area contributed by atoms with Crippen LogP contribution in [-0.2, 0) is 10.0 Å². The lowest BCUT2D eigenvalue weighted by Gasteiger charge is -2.12. The fraction of sp³-hybridized carbons (Fsp3) is 0. The van der Waals surface area contributed by atoms with Gasteiger partial charge in [-0.05, 0) is 46.3 Å². The molecule has 0 saturated heterocycles. The van der Waals surface area contributed by atoms with Crippen molar-refractivity contribution in [3.8, 4) is 0 Å². The molecule has 9 heteroatoms. The van der Waals surface area contributed by atoms with E-state index in [0.29, 0.717) is 4.47 Å². The molecule has 2 aromatic rings. The molecule has 1 aromatic carbocycles. The summed E-state index contributed by atoms with van der Waals surface area (Å²) >= 11 is 7.93. The number of anilines is 1. The highest BCUT2D eigenvalue weighted by Gasteiger charge is 2.21. The van der Waals surface area contributed by atoms with Crippen molar-refractivity contribution in [2.24, 2.45) is 5.73 Å². The van der Waals surface area contributed by atoms with E-state index in [0.717, 1.165) is 6.07 Å². The molecular weight excluding hydrogens is 381 g/mol. The zero-order chi connectivity index (χ0) is 15.6. The summed E-state index contributed by atoms with van der Waals surface area (Å²) in [6.07, 6.45) is 1.38. The van der Waals surface area contributed by atoms with Crippen molar-refractivity contribution in [1.29, 1.82) is 0 Å². The second kappa shape index (κ2) is 6.04. The van der Waals surface area contributed by atoms with Gasteiger partial charge >= 0.3 is 0 Å². The molecule has 0 bridgehead atoms. The van der Waals surface area contributed by atoms with Crippen LogP contribution in [0.5, 0.6) is 0 Å². The van der Waals surface area contributed by atoms with E-state index in [1.165, 1.54) is 30.5 Å². The monoisotopic (exact) mass is 389 g/mol. The van der Waals surface area contributed by atoms with E-state index in [9.17, 15) is 12.8 Å². The van der Waals surface area contributed by atoms with Crippen molar-refractivity contribution < 1.29 is 12.8 Å². The zero-order valence-corrected chi connectivity index (χ0v) is 13.6. The van der Waals surface area contributed by atoms with Crippen LogP contribution in [0.25, 0.3) is 0 Å². The van der Waals surface area contributed by atoms with Crippen LogP contribution in [0, 0.1) is 5.82 Å². The number of nitrogens with zero attached hydrogens (tertiary/aromatic N) is 1. The minimum Gasteiger partial charge on any atom is -0.388 e. The van der Waals surface area contributed by atoms with E-state index in [1.807, 2.05) is 0 Å². The smallest absolute Gasteiger partial charge is 0.264 e. The standard InChI is InChI=1S/C12H9BrFN3O2S2/c13-8-4-3-7(14)6-9(8)17-21(18,19)10-2-1-5-16-11(10)12(15)20/h1-6,17H,(H2,15,20). The number of halogens is 2. The van der Waals surface area contributed by atoms with Gasteiger partial charge in [-0.1, -0.05) is 12.2 Å². The Bertz CT molecular complexity index is 812. The molecule has 0 amide bonds. The van der Waals surface area contributed by atoms with Gasteiger partial charge in [-0.15, -0.1) is 0 Å². The summed E-state index contributed by atoms with van der Waals surface area (Å²) in [6, 6.07) is 6.41. The third-order valence-corrected chi connectivity index (χ3v) is 4.75. The van der Waals surface area contributed by atoms with Gasteiger partial charge in [-0.25, -0.2) is 12.8 Å². The first-order chi connectivity index (χ1) is 9.81. The summed E-state index contributed by atoms with van der Waals surface area (Å²) < 4.78 is 40.7. The van der Waals surface area contributed by atoms with Crippen LogP contribution in [0.3, 0.4) is 0 Å². The summed E-state index contributed by atoms with van der Waals surface area (Å²) in [5.41, 5.74) is 5.51. The number of rotatable bonds is 4. The van der Waals surface area contributed by atoms with Gasteiger partial charge in [0, 0.05) is 10.7 Å². The molecule has 0 spiro atoms. The maximum absolute atomic E-state index is 13.2. The minimum absolute atomic E-state index is 0.0208. The largest absolute Gasteiger partial charge is 0.388 e. The van der Waals surface area contributed by atoms with E-state index in [2.05, 4.69) is 25.6 Å². The van der Waals surface area contributed by atoms with Gasteiger partial charge < -0.3 is 5.73 Å². The third kappa shape index (κ3) is 3.55. The number of aromatic nitrogens is 1. The topological polar surface area (TPSA) is 85.1 Å². The lowest BCUT2D eigenvalue weighted by molar-refractivity contribution is 0.600. The molecule has 0 fully saturated rings. The zero-order valence-electron chi connectivity index (χ0n) is 10.4. The molecular formula is C12H9BrFN3O2S2. The molecule has 21 heavy (non-hydrogen) atoms. The molecule has 0 unspecified atom stereocenters. The lowest BCUT2D eigenvalue weighted by Crippen LogP contribution is -2.21. The third-order valence-electron chi connectivity index (χ3n) is 2.47. The molecule has 0 aliphatic carbocycles. The molecule has 110 valence electrons. The van der Waals surface area contributed by atoms with Gasteiger partial charge in [0.05, 0.1) is 5.69 Å². The van der Waals surface area contributed by atoms with Crippen LogP contribution in [0.2, 0.25) is 0 Å². The number of hydrogen-bond donors (Lipinski definition) is 2. The normalized spacial score (nSPS) is 11.1. The molecule has 0 aliphatic heterocycles. The number of thiocarbonyl (C=S) groups is 1. The maximum Gasteiger partial charge on any atom is 0.264 e. The second-order valence-corrected chi connectivity index (χ2v) is 6.89. The number of nitrogens with one attached hydrogen (secondary N) is 1. The van der Waals surface area contributed by atoms with Crippen molar-refractivity contribution in [2.75, 3.05) is 4.72 Å². The Balaban J connectivity index is 2.49. The summed E-state index contributed by atoms with van der Waals surface area (Å²) in [5.74, 6) is -0.573. The van der Waals surface area contributed by atoms with Crippen LogP contribution in [0.1, 0.15) is 5.69 Å². The summed E-state index contributed by atoms with van der Waals surface area (Å²) in [4.78, 5) is 3.54. The highest BCUT2D eigenvalue weighted by molar-refractivity contribution is 9.10. The van der Waals surface area contributed by atoms with E-state index >= 15 is 0 Å². The summed E-state index contributed by atoms with van der Waals surface area (Å²) in [7, 11) is -4.00. The van der Waals surface area contributed by atoms with Gasteiger partial charge in [0.25, 0.3) is 10.0 Å². The molecule has 0 atom stereocenters. The minimum atomic E-state index is -4.00. The average Bonchev–Trinajstić information content (AvgIpc) is 2.42. The van der Waals surface area contributed by atoms with Crippen LogP contribution in [0.4, 0.5) is 10.1 Å². The van der Waals surface area contributed by atoms with Crippen molar-refractivity contribution in [3.05, 3.63) is 52.5 Å². The highest BCUT2D eigenvalue weighted by Crippen LogP contribution is 2.26. The van der Waals surface area contributed by atoms with Crippen molar-refractivity contribution in [2.45, 2.75) is 4.90 Å². The SMILES string of the molecule is NC(=S)c1ncccc1S(=O)(=O)Nc1cc(F)ccc1Br. The van der Waals surface area contributed by atoms with E-state index < -0.39 is 15.8 Å². The van der Waals surface area contributed by atoms with Crippen LogP contribution in [0.15, 0.2) is 45.9 Å². The fourth-order valence-corrected chi connectivity index (χ4v) is 3.52. The van der Waals surface area contributed by atoms with E-state index in [-0.39, 0.29) is 21.3 Å². The number of nitrogens with two attached hydrogens (primary N) is 1. The predicted molar refractivity (Wildman–Crippen MR) is 85.0 cm³/mol. The summed E-state index contributed by atoms with van der Waals surface area (Å²) in [5, 5.41) is 0. The molecule has 2 rings (SSSR count). The first-order valence-electron chi connectivity index (χ1n) is 5.54. The Labute approximate surface area is 134 Å². The highest BCUT2D eigenvalue weighted by atomic mass is 79.9. The van der Waals surface area contributed by atoms with Crippen LogP contribution >= 0.6 is 28.1 Å². The van der Waals surface area contributed by atoms with Crippen LogP contribution < -0.4 is 10.5 Å². The van der Waals surface area contributed by atoms with Gasteiger partial charge in [-0.3, -0.25) is 9.71 Å². The Hall–Kier alpha value is -1.58. The van der Waals surface area contributed by atoms with Crippen molar-refractivity contribution in [1.82, 2.24) is 4.98 Å². The Morgan fingerprint density at radius 3 is 2.76 bits per heavy atom. The number of sulfonamides is 1. The number of benzene rings is 1. The van der Waals surface area contributed by atoms with Gasteiger partial charge in [0.1, 0.15) is 21.4 Å². The van der Waals surface area contributed by atoms with Gasteiger partial charge in [0.15, 0.2) is 0 Å². The summed E-state index contributed by atoms with van der Waals surface area (Å²) in [6.45, 7) is 0. The molecule has 1 aromatic heterocycles. The average molecular weight is 390 g/mol.